The monoisotopic (exact) mass is 249 g/mol. The summed E-state index contributed by atoms with van der Waals surface area (Å²) in [6.07, 6.45) is 2.64. The second-order valence-electron chi connectivity index (χ2n) is 4.53. The molecule has 1 aliphatic heterocycles. The van der Waals surface area contributed by atoms with Crippen molar-refractivity contribution in [1.82, 2.24) is 9.88 Å². The van der Waals surface area contributed by atoms with E-state index < -0.39 is 0 Å². The number of amides is 1. The predicted octanol–water partition coefficient (Wildman–Crippen LogP) is 1.37. The molecule has 2 rings (SSSR count). The summed E-state index contributed by atoms with van der Waals surface area (Å²) in [6.45, 7) is 2.72. The maximum Gasteiger partial charge on any atom is 0.272 e. The van der Waals surface area contributed by atoms with E-state index in [1.165, 1.54) is 0 Å². The second kappa shape index (κ2) is 5.35. The quantitative estimate of drug-likeness (QED) is 0.879. The van der Waals surface area contributed by atoms with E-state index in [0.717, 1.165) is 18.7 Å². The molecule has 1 aromatic rings. The van der Waals surface area contributed by atoms with Gasteiger partial charge in [-0.05, 0) is 25.5 Å². The van der Waals surface area contributed by atoms with Crippen molar-refractivity contribution in [3.63, 3.8) is 0 Å². The number of nitrogens with one attached hydrogen (secondary N) is 1. The Labute approximate surface area is 107 Å². The lowest BCUT2D eigenvalue weighted by atomic mass is 10.1. The molecule has 1 aliphatic rings. The molecular formula is C13H19N3O2. The number of aromatic nitrogens is 1. The number of hydrogen-bond donors (Lipinski definition) is 1. The molecule has 0 spiro atoms. The average molecular weight is 249 g/mol. The minimum Gasteiger partial charge on any atom is -0.387 e. The van der Waals surface area contributed by atoms with Crippen molar-refractivity contribution in [3.05, 3.63) is 24.0 Å². The Bertz CT molecular complexity index is 419. The summed E-state index contributed by atoms with van der Waals surface area (Å²) in [4.78, 5) is 18.2. The summed E-state index contributed by atoms with van der Waals surface area (Å²) in [5.41, 5.74) is 1.36. The lowest BCUT2D eigenvalue weighted by Gasteiger charge is -2.26. The Kier molecular flexibility index (Phi) is 3.81. The van der Waals surface area contributed by atoms with Crippen molar-refractivity contribution in [3.8, 4) is 0 Å². The van der Waals surface area contributed by atoms with E-state index in [4.69, 9.17) is 4.74 Å². The summed E-state index contributed by atoms with van der Waals surface area (Å²) < 4.78 is 5.48. The molecule has 0 radical (unpaired) electrons. The van der Waals surface area contributed by atoms with Gasteiger partial charge in [0.15, 0.2) is 0 Å². The largest absolute Gasteiger partial charge is 0.387 e. The van der Waals surface area contributed by atoms with Crippen LogP contribution in [-0.2, 0) is 4.74 Å². The van der Waals surface area contributed by atoms with E-state index in [9.17, 15) is 4.79 Å². The van der Waals surface area contributed by atoms with Gasteiger partial charge in [0.25, 0.3) is 5.91 Å². The molecule has 5 nitrogen and oxygen atoms in total. The predicted molar refractivity (Wildman–Crippen MR) is 69.7 cm³/mol. The fourth-order valence-electron chi connectivity index (χ4n) is 2.23. The minimum atomic E-state index is -0.0556. The molecule has 1 amide bonds. The zero-order chi connectivity index (χ0) is 13.1. The van der Waals surface area contributed by atoms with Crippen molar-refractivity contribution in [1.29, 1.82) is 0 Å². The zero-order valence-electron chi connectivity index (χ0n) is 11.0. The molecule has 1 aromatic heterocycles. The standard InChI is InChI=1S/C13H19N3O2/c1-9-12(6-7-18-9)16(3)13(17)11-5-4-10(14-2)8-15-11/h4-5,8-9,12,14H,6-7H2,1-3H3. The van der Waals surface area contributed by atoms with Gasteiger partial charge in [0.05, 0.1) is 24.0 Å². The van der Waals surface area contributed by atoms with Gasteiger partial charge in [0, 0.05) is 20.7 Å². The van der Waals surface area contributed by atoms with Gasteiger partial charge >= 0.3 is 0 Å². The van der Waals surface area contributed by atoms with Crippen LogP contribution in [0.3, 0.4) is 0 Å². The van der Waals surface area contributed by atoms with Gasteiger partial charge in [0.1, 0.15) is 5.69 Å². The van der Waals surface area contributed by atoms with Gasteiger partial charge in [-0.3, -0.25) is 4.79 Å². The van der Waals surface area contributed by atoms with Crippen LogP contribution in [0.15, 0.2) is 18.3 Å². The third kappa shape index (κ3) is 2.46. The smallest absolute Gasteiger partial charge is 0.272 e. The molecule has 0 aromatic carbocycles. The van der Waals surface area contributed by atoms with Gasteiger partial charge in [-0.25, -0.2) is 4.98 Å². The van der Waals surface area contributed by atoms with E-state index in [-0.39, 0.29) is 18.1 Å². The molecule has 1 fully saturated rings. The molecule has 2 atom stereocenters. The fraction of sp³-hybridized carbons (Fsp3) is 0.538. The first-order valence-electron chi connectivity index (χ1n) is 6.16. The number of hydrogen-bond acceptors (Lipinski definition) is 4. The van der Waals surface area contributed by atoms with Crippen LogP contribution in [0, 0.1) is 0 Å². The third-order valence-corrected chi connectivity index (χ3v) is 3.43. The number of rotatable bonds is 3. The molecule has 5 heteroatoms. The van der Waals surface area contributed by atoms with Crippen molar-refractivity contribution in [2.24, 2.45) is 0 Å². The molecule has 1 saturated heterocycles. The molecule has 0 aliphatic carbocycles. The summed E-state index contributed by atoms with van der Waals surface area (Å²) in [7, 11) is 3.63. The molecule has 2 heterocycles. The van der Waals surface area contributed by atoms with E-state index in [1.807, 2.05) is 27.1 Å². The van der Waals surface area contributed by atoms with E-state index >= 15 is 0 Å². The summed E-state index contributed by atoms with van der Waals surface area (Å²) in [6, 6.07) is 3.73. The van der Waals surface area contributed by atoms with Gasteiger partial charge < -0.3 is 15.0 Å². The topological polar surface area (TPSA) is 54.5 Å². The van der Waals surface area contributed by atoms with E-state index in [1.54, 1.807) is 17.2 Å². The maximum absolute atomic E-state index is 12.3. The van der Waals surface area contributed by atoms with E-state index in [2.05, 4.69) is 10.3 Å². The second-order valence-corrected chi connectivity index (χ2v) is 4.53. The highest BCUT2D eigenvalue weighted by atomic mass is 16.5. The Morgan fingerprint density at radius 3 is 2.83 bits per heavy atom. The molecule has 2 unspecified atom stereocenters. The van der Waals surface area contributed by atoms with Crippen LogP contribution in [0.5, 0.6) is 0 Å². The number of carbonyl (C=O) groups is 1. The lowest BCUT2D eigenvalue weighted by Crippen LogP contribution is -2.41. The lowest BCUT2D eigenvalue weighted by molar-refractivity contribution is 0.0570. The first kappa shape index (κ1) is 12.8. The zero-order valence-corrected chi connectivity index (χ0v) is 11.0. The number of carbonyl (C=O) groups excluding carboxylic acids is 1. The molecule has 0 saturated carbocycles. The van der Waals surface area contributed by atoms with Gasteiger partial charge in [-0.2, -0.15) is 0 Å². The normalized spacial score (nSPS) is 22.8. The number of nitrogens with zero attached hydrogens (tertiary/aromatic N) is 2. The highest BCUT2D eigenvalue weighted by Gasteiger charge is 2.31. The Balaban J connectivity index is 2.09. The summed E-state index contributed by atoms with van der Waals surface area (Å²) in [5.74, 6) is -0.0556. The Morgan fingerprint density at radius 1 is 1.56 bits per heavy atom. The van der Waals surface area contributed by atoms with Crippen molar-refractivity contribution >= 4 is 11.6 Å². The molecule has 1 N–H and O–H groups in total. The Hall–Kier alpha value is -1.62. The van der Waals surface area contributed by atoms with Crippen molar-refractivity contribution in [2.45, 2.75) is 25.5 Å². The number of ether oxygens (including phenoxy) is 1. The fourth-order valence-corrected chi connectivity index (χ4v) is 2.23. The van der Waals surface area contributed by atoms with Crippen molar-refractivity contribution < 1.29 is 9.53 Å². The van der Waals surface area contributed by atoms with Crippen LogP contribution in [0.2, 0.25) is 0 Å². The van der Waals surface area contributed by atoms with Crippen LogP contribution in [0.4, 0.5) is 5.69 Å². The van der Waals surface area contributed by atoms with Crippen LogP contribution in [0.25, 0.3) is 0 Å². The minimum absolute atomic E-state index is 0.0556. The van der Waals surface area contributed by atoms with Crippen LogP contribution >= 0.6 is 0 Å². The highest BCUT2D eigenvalue weighted by molar-refractivity contribution is 5.92. The molecule has 0 bridgehead atoms. The van der Waals surface area contributed by atoms with Gasteiger partial charge in [-0.1, -0.05) is 0 Å². The molecule has 18 heavy (non-hydrogen) atoms. The summed E-state index contributed by atoms with van der Waals surface area (Å²) >= 11 is 0. The number of likely N-dealkylation sites (N-methyl/N-ethyl adjacent to an activating group) is 1. The SMILES string of the molecule is CNc1ccc(C(=O)N(C)C2CCOC2C)nc1. The molecule has 98 valence electrons. The number of pyridine rings is 1. The number of anilines is 1. The first-order chi connectivity index (χ1) is 8.63. The molecular weight excluding hydrogens is 230 g/mol. The highest BCUT2D eigenvalue weighted by Crippen LogP contribution is 2.19. The Morgan fingerprint density at radius 2 is 2.33 bits per heavy atom. The van der Waals surface area contributed by atoms with Gasteiger partial charge in [-0.15, -0.1) is 0 Å². The summed E-state index contributed by atoms with van der Waals surface area (Å²) in [5, 5.41) is 2.98. The van der Waals surface area contributed by atoms with Crippen LogP contribution in [-0.4, -0.2) is 48.6 Å². The van der Waals surface area contributed by atoms with Crippen LogP contribution in [0.1, 0.15) is 23.8 Å². The maximum atomic E-state index is 12.3. The first-order valence-corrected chi connectivity index (χ1v) is 6.16. The van der Waals surface area contributed by atoms with Crippen molar-refractivity contribution in [2.75, 3.05) is 26.0 Å². The third-order valence-electron chi connectivity index (χ3n) is 3.43. The average Bonchev–Trinajstić information content (AvgIpc) is 2.83. The van der Waals surface area contributed by atoms with Gasteiger partial charge in [0.2, 0.25) is 0 Å². The van der Waals surface area contributed by atoms with E-state index in [0.29, 0.717) is 5.69 Å². The van der Waals surface area contributed by atoms with Crippen LogP contribution < -0.4 is 5.32 Å².